The predicted octanol–water partition coefficient (Wildman–Crippen LogP) is 13.2. The van der Waals surface area contributed by atoms with Gasteiger partial charge in [0.25, 0.3) is 0 Å². The molecule has 0 heterocycles. The molecule has 0 saturated carbocycles. The number of fused-ring (bicyclic) bond motifs is 4. The topological polar surface area (TPSA) is 0 Å². The van der Waals surface area contributed by atoms with Crippen LogP contribution in [0.25, 0.3) is 21.5 Å². The molecule has 0 fully saturated rings. The molecule has 311 valence electrons. The molecule has 0 nitrogen and oxygen atoms in total. The zero-order valence-corrected chi connectivity index (χ0v) is 41.3. The summed E-state index contributed by atoms with van der Waals surface area (Å²) in [4.78, 5) is 0. The first kappa shape index (κ1) is 46.2. The van der Waals surface area contributed by atoms with Gasteiger partial charge in [-0.3, -0.25) is 0 Å². The average Bonchev–Trinajstić information content (AvgIpc) is 3.33. The Bertz CT molecular complexity index is 2660. The Balaban J connectivity index is 0.000000141. The van der Waals surface area contributed by atoms with Crippen molar-refractivity contribution >= 4 is 102 Å². The van der Waals surface area contributed by atoms with Crippen LogP contribution in [0.5, 0.6) is 0 Å². The first-order chi connectivity index (χ1) is 30.2. The van der Waals surface area contributed by atoms with Gasteiger partial charge in [0.2, 0.25) is 0 Å². The molecule has 10 aromatic carbocycles. The molecule has 0 amide bonds. The third kappa shape index (κ3) is 11.1. The van der Waals surface area contributed by atoms with E-state index in [1.807, 2.05) is 0 Å². The minimum absolute atomic E-state index is 0. The molecule has 0 unspecified atom stereocenters. The first-order valence-corrected chi connectivity index (χ1v) is 24.4. The van der Waals surface area contributed by atoms with E-state index in [2.05, 4.69) is 265 Å². The van der Waals surface area contributed by atoms with Gasteiger partial charge in [0.15, 0.2) is 0 Å². The van der Waals surface area contributed by atoms with E-state index in [-0.39, 0.29) is 37.4 Å². The van der Waals surface area contributed by atoms with Crippen molar-refractivity contribution in [3.05, 3.63) is 275 Å². The molecule has 1 aliphatic carbocycles. The summed E-state index contributed by atoms with van der Waals surface area (Å²) in [6.45, 7) is 0. The van der Waals surface area contributed by atoms with E-state index in [4.69, 9.17) is 0 Å². The van der Waals surface area contributed by atoms with Crippen LogP contribution in [0, 0.1) is 6.07 Å². The Morgan fingerprint density at radius 3 is 1.19 bits per heavy atom. The van der Waals surface area contributed by atoms with Gasteiger partial charge in [0, 0.05) is 24.9 Å². The van der Waals surface area contributed by atoms with E-state index in [9.17, 15) is 0 Å². The molecule has 11 rings (SSSR count). The molecule has 0 saturated heterocycles. The molecule has 0 N–H and O–H groups in total. The quantitative estimate of drug-likeness (QED) is 0.0884. The summed E-state index contributed by atoms with van der Waals surface area (Å²) in [5.74, 6) is 0. The van der Waals surface area contributed by atoms with Gasteiger partial charge in [-0.1, -0.05) is 194 Å². The van der Waals surface area contributed by atoms with Crippen LogP contribution in [0.1, 0.15) is 22.3 Å². The minimum Gasteiger partial charge on any atom is -0.114 e. The van der Waals surface area contributed by atoms with E-state index < -0.39 is 15.8 Å². The van der Waals surface area contributed by atoms with Crippen LogP contribution in [-0.4, -0.2) is 0 Å². The summed E-state index contributed by atoms with van der Waals surface area (Å²) >= 11 is 3.89. The van der Waals surface area contributed by atoms with Crippen molar-refractivity contribution in [1.82, 2.24) is 0 Å². The fourth-order valence-electron chi connectivity index (χ4n) is 8.17. The number of hydrogen-bond donors (Lipinski definition) is 0. The second-order valence-electron chi connectivity index (χ2n) is 15.1. The largest absolute Gasteiger partial charge is 0.114 e. The van der Waals surface area contributed by atoms with Gasteiger partial charge in [-0.05, 0) is 151 Å². The number of hydrogen-bond acceptors (Lipinski definition) is 0. The third-order valence-corrected chi connectivity index (χ3v) is 17.2. The van der Waals surface area contributed by atoms with Gasteiger partial charge < -0.3 is 0 Å². The second kappa shape index (κ2) is 22.7. The molecular weight excluding hydrogens is 1020 g/mol. The molecule has 0 atom stereocenters. The average molecular weight is 1070 g/mol. The Morgan fingerprint density at radius 2 is 0.762 bits per heavy atom. The Labute approximate surface area is 407 Å². The number of halogens is 2. The number of benzene rings is 10. The summed E-state index contributed by atoms with van der Waals surface area (Å²) in [5, 5.41) is 13.5. The smallest absolute Gasteiger partial charge is 0.102 e. The van der Waals surface area contributed by atoms with Gasteiger partial charge in [-0.2, -0.15) is 0 Å². The van der Waals surface area contributed by atoms with Crippen LogP contribution in [-0.2, 0) is 33.3 Å². The first-order valence-electron chi connectivity index (χ1n) is 20.8. The van der Waals surface area contributed by atoms with Crippen molar-refractivity contribution in [2.45, 2.75) is 12.8 Å². The third-order valence-electron chi connectivity index (χ3n) is 11.1. The van der Waals surface area contributed by atoms with Crippen molar-refractivity contribution in [2.24, 2.45) is 0 Å². The molecule has 1 radical (unpaired) electrons. The number of rotatable bonds is 6. The predicted molar refractivity (Wildman–Crippen MR) is 282 cm³/mol. The maximum atomic E-state index is 3.89. The molecule has 0 aromatic heterocycles. The zero-order chi connectivity index (χ0) is 41.2. The Morgan fingerprint density at radius 1 is 0.413 bits per heavy atom. The molecule has 63 heavy (non-hydrogen) atoms. The van der Waals surface area contributed by atoms with Crippen molar-refractivity contribution in [3.8, 4) is 0 Å². The normalized spacial score (nSPS) is 11.2. The SMILES string of the molecule is Br.Brc1c2c([c]c3cc4ccccc4cc13)Cc1ccccc1C2.[Pd].c1ccc(P(c2ccccc2)c2ccccc2)cc1.c1ccc([PH+](c2ccccc2)c2ccccc2)cc1. The molecular formula is C58H46Br2P2Pd+. The minimum atomic E-state index is -0.877. The van der Waals surface area contributed by atoms with Crippen molar-refractivity contribution < 1.29 is 20.4 Å². The van der Waals surface area contributed by atoms with Crippen LogP contribution >= 0.6 is 48.8 Å². The van der Waals surface area contributed by atoms with Gasteiger partial charge in [-0.15, -0.1) is 17.0 Å². The zero-order valence-electron chi connectivity index (χ0n) is 34.6. The fourth-order valence-corrected chi connectivity index (χ4v) is 13.8. The second-order valence-corrected chi connectivity index (χ2v) is 20.6. The summed E-state index contributed by atoms with van der Waals surface area (Å²) in [5.41, 5.74) is 5.60. The monoisotopic (exact) mass is 1070 g/mol. The van der Waals surface area contributed by atoms with E-state index in [0.717, 1.165) is 12.8 Å². The standard InChI is InChI=1S/C22H14Br.2C18H15P.BrH.Pd/c23-22-20-12-16-7-3-1-5-14(16)9-18(20)11-19-10-15-6-2-4-8-17(15)13-21(19)22;2*1-4-10-16(11-5-1)19(17-12-6-2-7-13-17)18-14-8-3-9-15-18;;/h1-9,12H,10,13H2;2*1-15H;1H;/p+1. The summed E-state index contributed by atoms with van der Waals surface area (Å²) in [6, 6.07) is 90.4. The van der Waals surface area contributed by atoms with E-state index >= 15 is 0 Å². The Kier molecular flexibility index (Phi) is 16.7. The van der Waals surface area contributed by atoms with Crippen molar-refractivity contribution in [1.29, 1.82) is 0 Å². The summed E-state index contributed by atoms with van der Waals surface area (Å²) in [7, 11) is -1.32. The van der Waals surface area contributed by atoms with Crippen LogP contribution < -0.4 is 31.8 Å². The molecule has 0 spiro atoms. The molecule has 0 bridgehead atoms. The Hall–Kier alpha value is -4.80. The molecule has 1 aliphatic rings. The van der Waals surface area contributed by atoms with Crippen molar-refractivity contribution in [2.75, 3.05) is 0 Å². The van der Waals surface area contributed by atoms with E-state index in [1.165, 1.54) is 80.1 Å². The van der Waals surface area contributed by atoms with Gasteiger partial charge in [0.1, 0.15) is 15.9 Å². The van der Waals surface area contributed by atoms with E-state index in [1.54, 1.807) is 0 Å². The molecule has 0 aliphatic heterocycles. The maximum absolute atomic E-state index is 3.89. The van der Waals surface area contributed by atoms with Gasteiger partial charge in [0.05, 0.1) is 7.92 Å². The van der Waals surface area contributed by atoms with Crippen LogP contribution in [0.15, 0.2) is 247 Å². The summed E-state index contributed by atoms with van der Waals surface area (Å²) in [6.07, 6.45) is 1.97. The van der Waals surface area contributed by atoms with Crippen LogP contribution in [0.3, 0.4) is 0 Å². The molecule has 10 aromatic rings. The molecule has 5 heteroatoms. The fraction of sp³-hybridized carbons (Fsp3) is 0.0345. The van der Waals surface area contributed by atoms with Gasteiger partial charge in [-0.25, -0.2) is 0 Å². The maximum Gasteiger partial charge on any atom is 0.102 e. The van der Waals surface area contributed by atoms with Crippen LogP contribution in [0.4, 0.5) is 0 Å². The van der Waals surface area contributed by atoms with Crippen molar-refractivity contribution in [3.63, 3.8) is 0 Å². The van der Waals surface area contributed by atoms with E-state index in [0.29, 0.717) is 0 Å². The van der Waals surface area contributed by atoms with Gasteiger partial charge >= 0.3 is 0 Å². The summed E-state index contributed by atoms with van der Waals surface area (Å²) < 4.78 is 1.24. The van der Waals surface area contributed by atoms with Crippen LogP contribution in [0.2, 0.25) is 0 Å².